The average Bonchev–Trinajstić information content (AvgIpc) is 3.09. The monoisotopic (exact) mass is 371 g/mol. The molecule has 0 spiro atoms. The SMILES string of the molecule is O=C(CNC(=O)c1ccc(Cl)cc1)OCC(=O)c1cc2ccccc2o1. The molecule has 0 unspecified atom stereocenters. The van der Waals surface area contributed by atoms with E-state index in [0.29, 0.717) is 16.2 Å². The number of Topliss-reactive ketones (excluding diaryl/α,β-unsaturated/α-hetero) is 1. The summed E-state index contributed by atoms with van der Waals surface area (Å²) in [6.07, 6.45) is 0. The minimum absolute atomic E-state index is 0.115. The number of rotatable bonds is 6. The summed E-state index contributed by atoms with van der Waals surface area (Å²) in [4.78, 5) is 35.6. The molecule has 0 fully saturated rings. The molecular formula is C19H14ClNO5. The molecule has 3 rings (SSSR count). The number of furan rings is 1. The number of hydrogen-bond donors (Lipinski definition) is 1. The molecule has 2 aromatic carbocycles. The van der Waals surface area contributed by atoms with Crippen molar-refractivity contribution >= 4 is 40.2 Å². The largest absolute Gasteiger partial charge is 0.456 e. The summed E-state index contributed by atoms with van der Waals surface area (Å²) >= 11 is 5.75. The highest BCUT2D eigenvalue weighted by Crippen LogP contribution is 2.19. The van der Waals surface area contributed by atoms with E-state index in [1.165, 1.54) is 12.1 Å². The van der Waals surface area contributed by atoms with Crippen LogP contribution < -0.4 is 5.32 Å². The fourth-order valence-corrected chi connectivity index (χ4v) is 2.37. The second-order valence-electron chi connectivity index (χ2n) is 5.42. The van der Waals surface area contributed by atoms with Gasteiger partial charge in [-0.2, -0.15) is 0 Å². The van der Waals surface area contributed by atoms with E-state index in [1.54, 1.807) is 30.3 Å². The van der Waals surface area contributed by atoms with Crippen LogP contribution in [0.1, 0.15) is 20.9 Å². The Hall–Kier alpha value is -3.12. The molecule has 6 nitrogen and oxygen atoms in total. The molecule has 1 aromatic heterocycles. The van der Waals surface area contributed by atoms with Gasteiger partial charge in [0.15, 0.2) is 12.4 Å². The lowest BCUT2D eigenvalue weighted by Gasteiger charge is -2.05. The minimum Gasteiger partial charge on any atom is -0.456 e. The number of nitrogens with one attached hydrogen (secondary N) is 1. The highest BCUT2D eigenvalue weighted by atomic mass is 35.5. The van der Waals surface area contributed by atoms with Crippen LogP contribution in [0.2, 0.25) is 5.02 Å². The van der Waals surface area contributed by atoms with Gasteiger partial charge < -0.3 is 14.5 Å². The predicted molar refractivity (Wildman–Crippen MR) is 95.3 cm³/mol. The van der Waals surface area contributed by atoms with Crippen molar-refractivity contribution in [1.29, 1.82) is 0 Å². The first-order valence-corrected chi connectivity index (χ1v) is 8.12. The smallest absolute Gasteiger partial charge is 0.325 e. The first kappa shape index (κ1) is 17.7. The number of ketones is 1. The molecule has 1 N–H and O–H groups in total. The van der Waals surface area contributed by atoms with Crippen LogP contribution in [0.3, 0.4) is 0 Å². The fraction of sp³-hybridized carbons (Fsp3) is 0.105. The lowest BCUT2D eigenvalue weighted by atomic mass is 10.2. The van der Waals surface area contributed by atoms with Gasteiger partial charge in [0, 0.05) is 16.0 Å². The van der Waals surface area contributed by atoms with Gasteiger partial charge in [-0.1, -0.05) is 29.8 Å². The second kappa shape index (κ2) is 7.84. The fourth-order valence-electron chi connectivity index (χ4n) is 2.24. The van der Waals surface area contributed by atoms with Gasteiger partial charge in [0.25, 0.3) is 5.91 Å². The maximum absolute atomic E-state index is 12.0. The maximum Gasteiger partial charge on any atom is 0.325 e. The number of para-hydroxylation sites is 1. The van der Waals surface area contributed by atoms with Crippen LogP contribution in [0.15, 0.2) is 59.0 Å². The van der Waals surface area contributed by atoms with Crippen molar-refractivity contribution in [3.05, 3.63) is 70.9 Å². The molecule has 0 aliphatic carbocycles. The van der Waals surface area contributed by atoms with E-state index in [9.17, 15) is 14.4 Å². The molecule has 132 valence electrons. The number of hydrogen-bond acceptors (Lipinski definition) is 5. The van der Waals surface area contributed by atoms with Crippen LogP contribution in [-0.4, -0.2) is 30.8 Å². The van der Waals surface area contributed by atoms with Crippen molar-refractivity contribution in [2.45, 2.75) is 0 Å². The summed E-state index contributed by atoms with van der Waals surface area (Å²) < 4.78 is 10.3. The Morgan fingerprint density at radius 3 is 2.50 bits per heavy atom. The first-order valence-electron chi connectivity index (χ1n) is 7.74. The second-order valence-corrected chi connectivity index (χ2v) is 5.86. The number of esters is 1. The molecule has 0 aliphatic heterocycles. The zero-order valence-corrected chi connectivity index (χ0v) is 14.3. The third kappa shape index (κ3) is 4.29. The number of carbonyl (C=O) groups is 3. The van der Waals surface area contributed by atoms with Gasteiger partial charge in [-0.15, -0.1) is 0 Å². The molecule has 7 heteroatoms. The molecule has 26 heavy (non-hydrogen) atoms. The zero-order chi connectivity index (χ0) is 18.5. The van der Waals surface area contributed by atoms with Crippen LogP contribution in [-0.2, 0) is 9.53 Å². The third-order valence-electron chi connectivity index (χ3n) is 3.56. The first-order chi connectivity index (χ1) is 12.5. The number of amides is 1. The summed E-state index contributed by atoms with van der Waals surface area (Å²) in [7, 11) is 0. The topological polar surface area (TPSA) is 85.6 Å². The highest BCUT2D eigenvalue weighted by molar-refractivity contribution is 6.30. The van der Waals surface area contributed by atoms with Gasteiger partial charge in [-0.25, -0.2) is 0 Å². The number of fused-ring (bicyclic) bond motifs is 1. The Balaban J connectivity index is 1.48. The van der Waals surface area contributed by atoms with Crippen molar-refractivity contribution in [3.63, 3.8) is 0 Å². The van der Waals surface area contributed by atoms with Crippen molar-refractivity contribution in [2.75, 3.05) is 13.2 Å². The molecule has 0 saturated carbocycles. The standard InChI is InChI=1S/C19H14ClNO5/c20-14-7-5-12(6-8-14)19(24)21-10-18(23)25-11-15(22)17-9-13-3-1-2-4-16(13)26-17/h1-9H,10-11H2,(H,21,24). The molecule has 0 bridgehead atoms. The average molecular weight is 372 g/mol. The van der Waals surface area contributed by atoms with E-state index >= 15 is 0 Å². The molecule has 0 atom stereocenters. The number of carbonyl (C=O) groups excluding carboxylic acids is 3. The van der Waals surface area contributed by atoms with E-state index in [1.807, 2.05) is 12.1 Å². The van der Waals surface area contributed by atoms with Crippen molar-refractivity contribution in [3.8, 4) is 0 Å². The Kier molecular flexibility index (Phi) is 5.34. The number of ether oxygens (including phenoxy) is 1. The van der Waals surface area contributed by atoms with Gasteiger partial charge in [0.2, 0.25) is 5.78 Å². The summed E-state index contributed by atoms with van der Waals surface area (Å²) in [5, 5.41) is 3.71. The number of halogens is 1. The summed E-state index contributed by atoms with van der Waals surface area (Å²) in [5.74, 6) is -1.51. The van der Waals surface area contributed by atoms with Crippen LogP contribution in [0.5, 0.6) is 0 Å². The van der Waals surface area contributed by atoms with E-state index in [2.05, 4.69) is 5.32 Å². The van der Waals surface area contributed by atoms with E-state index in [0.717, 1.165) is 5.39 Å². The predicted octanol–water partition coefficient (Wildman–Crippen LogP) is 3.24. The zero-order valence-electron chi connectivity index (χ0n) is 13.5. The Labute approximate surface area is 153 Å². The van der Waals surface area contributed by atoms with Crippen molar-refractivity contribution < 1.29 is 23.5 Å². The Morgan fingerprint density at radius 2 is 1.77 bits per heavy atom. The van der Waals surface area contributed by atoms with E-state index in [-0.39, 0.29) is 12.3 Å². The highest BCUT2D eigenvalue weighted by Gasteiger charge is 2.15. The third-order valence-corrected chi connectivity index (χ3v) is 3.82. The van der Waals surface area contributed by atoms with Gasteiger partial charge in [-0.3, -0.25) is 14.4 Å². The molecule has 0 saturated heterocycles. The molecule has 1 amide bonds. The molecule has 1 heterocycles. The van der Waals surface area contributed by atoms with Gasteiger partial charge in [-0.05, 0) is 36.4 Å². The van der Waals surface area contributed by atoms with Gasteiger partial charge in [0.1, 0.15) is 12.1 Å². The van der Waals surface area contributed by atoms with Crippen LogP contribution in [0.25, 0.3) is 11.0 Å². The molecule has 3 aromatic rings. The summed E-state index contributed by atoms with van der Waals surface area (Å²) in [6, 6.07) is 15.0. The van der Waals surface area contributed by atoms with Crippen molar-refractivity contribution in [1.82, 2.24) is 5.32 Å². The summed E-state index contributed by atoms with van der Waals surface area (Å²) in [6.45, 7) is -0.815. The van der Waals surface area contributed by atoms with E-state index < -0.39 is 24.3 Å². The van der Waals surface area contributed by atoms with Crippen LogP contribution >= 0.6 is 11.6 Å². The minimum atomic E-state index is -0.725. The normalized spacial score (nSPS) is 10.5. The number of benzene rings is 2. The van der Waals surface area contributed by atoms with Crippen LogP contribution in [0.4, 0.5) is 0 Å². The molecule has 0 radical (unpaired) electrons. The van der Waals surface area contributed by atoms with Gasteiger partial charge in [0.05, 0.1) is 0 Å². The maximum atomic E-state index is 12.0. The van der Waals surface area contributed by atoms with Gasteiger partial charge >= 0.3 is 5.97 Å². The molecule has 0 aliphatic rings. The Morgan fingerprint density at radius 1 is 1.04 bits per heavy atom. The van der Waals surface area contributed by atoms with Crippen LogP contribution in [0, 0.1) is 0 Å². The lowest BCUT2D eigenvalue weighted by molar-refractivity contribution is -0.141. The quantitative estimate of drug-likeness (QED) is 0.531. The molecular weight excluding hydrogens is 358 g/mol. The summed E-state index contributed by atoms with van der Waals surface area (Å²) in [5.41, 5.74) is 0.943. The Bertz CT molecular complexity index is 928. The van der Waals surface area contributed by atoms with E-state index in [4.69, 9.17) is 20.8 Å². The lowest BCUT2D eigenvalue weighted by Crippen LogP contribution is -2.31. The van der Waals surface area contributed by atoms with Crippen molar-refractivity contribution in [2.24, 2.45) is 0 Å².